The van der Waals surface area contributed by atoms with Crippen molar-refractivity contribution in [2.75, 3.05) is 11.9 Å². The second kappa shape index (κ2) is 9.84. The molecule has 2 aliphatic rings. The van der Waals surface area contributed by atoms with E-state index >= 15 is 0 Å². The number of benzene rings is 1. The zero-order chi connectivity index (χ0) is 26.3. The molecule has 2 heterocycles. The first-order chi connectivity index (χ1) is 16.8. The molecule has 1 aromatic carbocycles. The minimum Gasteiger partial charge on any atom is -0.358 e. The van der Waals surface area contributed by atoms with E-state index < -0.39 is 17.8 Å². The van der Waals surface area contributed by atoms with E-state index in [0.717, 1.165) is 25.0 Å². The fourth-order valence-corrected chi connectivity index (χ4v) is 5.37. The molecule has 4 rings (SSSR count). The topological polar surface area (TPSA) is 99.2 Å². The summed E-state index contributed by atoms with van der Waals surface area (Å²) in [5.74, 6) is -0.0882. The van der Waals surface area contributed by atoms with Crippen molar-refractivity contribution in [2.45, 2.75) is 89.3 Å². The van der Waals surface area contributed by atoms with Gasteiger partial charge >= 0.3 is 6.18 Å². The van der Waals surface area contributed by atoms with Crippen molar-refractivity contribution in [3.63, 3.8) is 0 Å². The third kappa shape index (κ3) is 5.88. The lowest BCUT2D eigenvalue weighted by atomic mass is 9.84. The third-order valence-electron chi connectivity index (χ3n) is 6.75. The number of rotatable bonds is 5. The highest BCUT2D eigenvalue weighted by Crippen LogP contribution is 2.34. The van der Waals surface area contributed by atoms with Crippen molar-refractivity contribution >= 4 is 28.5 Å². The van der Waals surface area contributed by atoms with E-state index in [1.807, 2.05) is 0 Å². The molecule has 4 atom stereocenters. The lowest BCUT2D eigenvalue weighted by Crippen LogP contribution is -2.59. The number of alkyl halides is 3. The average molecular weight is 507 g/mol. The Hall–Kier alpha value is -2.95. The molecule has 2 fully saturated rings. The van der Waals surface area contributed by atoms with Crippen LogP contribution in [0.5, 0.6) is 0 Å². The van der Waals surface area contributed by atoms with E-state index in [2.05, 4.69) is 46.7 Å². The van der Waals surface area contributed by atoms with Gasteiger partial charge in [0.1, 0.15) is 18.2 Å². The van der Waals surface area contributed by atoms with Crippen molar-refractivity contribution in [1.29, 1.82) is 0 Å². The van der Waals surface area contributed by atoms with Gasteiger partial charge in [0.15, 0.2) is 0 Å². The molecule has 1 unspecified atom stereocenters. The van der Waals surface area contributed by atoms with Crippen molar-refractivity contribution in [3.8, 4) is 0 Å². The number of carbonyl (C=O) groups is 2. The summed E-state index contributed by atoms with van der Waals surface area (Å²) in [5.41, 5.74) is -0.507. The highest BCUT2D eigenvalue weighted by molar-refractivity contribution is 5.93. The minimum atomic E-state index is -4.50. The van der Waals surface area contributed by atoms with Crippen molar-refractivity contribution in [1.82, 2.24) is 25.5 Å². The number of halogens is 3. The summed E-state index contributed by atoms with van der Waals surface area (Å²) >= 11 is 0. The van der Waals surface area contributed by atoms with E-state index in [1.165, 1.54) is 19.3 Å². The van der Waals surface area contributed by atoms with E-state index in [9.17, 15) is 22.8 Å². The van der Waals surface area contributed by atoms with Gasteiger partial charge in [0.2, 0.25) is 11.8 Å². The molecule has 1 aliphatic heterocycles. The maximum absolute atomic E-state index is 13.4. The van der Waals surface area contributed by atoms with E-state index in [0.29, 0.717) is 24.9 Å². The maximum Gasteiger partial charge on any atom is 0.416 e. The normalized spacial score (nSPS) is 25.3. The van der Waals surface area contributed by atoms with Crippen molar-refractivity contribution in [2.24, 2.45) is 0 Å². The van der Waals surface area contributed by atoms with Crippen molar-refractivity contribution < 1.29 is 22.8 Å². The van der Waals surface area contributed by atoms with Gasteiger partial charge in [-0.25, -0.2) is 9.97 Å². The van der Waals surface area contributed by atoms with Gasteiger partial charge in [-0.3, -0.25) is 9.59 Å². The summed E-state index contributed by atoms with van der Waals surface area (Å²) in [5, 5.41) is 9.91. The number of hydrogen-bond donors (Lipinski definition) is 3. The van der Waals surface area contributed by atoms with Crippen LogP contribution in [0.4, 0.5) is 19.0 Å². The van der Waals surface area contributed by atoms with Crippen LogP contribution in [0.2, 0.25) is 0 Å². The van der Waals surface area contributed by atoms with Crippen LogP contribution < -0.4 is 16.0 Å². The standard InChI is InChI=1S/C25H33F3N6O2/c1-14(35)31-20-12-16(33-24(2,3)4)6-8-21(20)34-10-9-19(23(34)36)32-22-17-11-15(25(26,27)28)5-7-18(17)29-13-30-22/h5,7,11,13,16,19-21,33H,6,8-10,12H2,1-4H3,(H,31,35)(H,29,30,32)/t16-,19+,20+,21?/m1/s1. The summed E-state index contributed by atoms with van der Waals surface area (Å²) in [6.07, 6.45) is -0.429. The van der Waals surface area contributed by atoms with Gasteiger partial charge < -0.3 is 20.9 Å². The summed E-state index contributed by atoms with van der Waals surface area (Å²) < 4.78 is 39.8. The fourth-order valence-electron chi connectivity index (χ4n) is 5.37. The van der Waals surface area contributed by atoms with Gasteiger partial charge in [-0.05, 0) is 64.7 Å². The van der Waals surface area contributed by atoms with Crippen LogP contribution in [0, 0.1) is 0 Å². The van der Waals surface area contributed by atoms with Crippen LogP contribution in [-0.4, -0.2) is 62.9 Å². The van der Waals surface area contributed by atoms with Crippen LogP contribution in [0.15, 0.2) is 24.5 Å². The molecule has 196 valence electrons. The Kier molecular flexibility index (Phi) is 7.14. The number of nitrogens with one attached hydrogen (secondary N) is 3. The third-order valence-corrected chi connectivity index (χ3v) is 6.75. The van der Waals surface area contributed by atoms with Crippen LogP contribution >= 0.6 is 0 Å². The van der Waals surface area contributed by atoms with E-state index in [-0.39, 0.29) is 46.7 Å². The fraction of sp³-hybridized carbons (Fsp3) is 0.600. The summed E-state index contributed by atoms with van der Waals surface area (Å²) in [6, 6.07) is 2.55. The zero-order valence-electron chi connectivity index (χ0n) is 20.9. The van der Waals surface area contributed by atoms with Gasteiger partial charge in [0, 0.05) is 30.4 Å². The number of aromatic nitrogens is 2. The van der Waals surface area contributed by atoms with E-state index in [4.69, 9.17) is 0 Å². The van der Waals surface area contributed by atoms with Gasteiger partial charge in [-0.15, -0.1) is 0 Å². The van der Waals surface area contributed by atoms with Crippen molar-refractivity contribution in [3.05, 3.63) is 30.1 Å². The molecular formula is C25H33F3N6O2. The number of likely N-dealkylation sites (tertiary alicyclic amines) is 1. The van der Waals surface area contributed by atoms with E-state index in [1.54, 1.807) is 4.90 Å². The molecule has 0 bridgehead atoms. The predicted octanol–water partition coefficient (Wildman–Crippen LogP) is 3.48. The summed E-state index contributed by atoms with van der Waals surface area (Å²) in [4.78, 5) is 35.4. The molecule has 1 saturated carbocycles. The molecule has 0 radical (unpaired) electrons. The first-order valence-electron chi connectivity index (χ1n) is 12.3. The number of anilines is 1. The molecule has 8 nitrogen and oxygen atoms in total. The second-order valence-corrected chi connectivity index (χ2v) is 10.7. The van der Waals surface area contributed by atoms with Gasteiger partial charge in [0.25, 0.3) is 0 Å². The molecule has 3 N–H and O–H groups in total. The SMILES string of the molecule is CC(=O)N[C@H]1C[C@H](NC(C)(C)C)CCC1N1CC[C@H](Nc2ncnc3ccc(C(F)(F)F)cc23)C1=O. The quantitative estimate of drug-likeness (QED) is 0.575. The molecule has 0 spiro atoms. The lowest BCUT2D eigenvalue weighted by Gasteiger charge is -2.43. The van der Waals surface area contributed by atoms with Gasteiger partial charge in [-0.1, -0.05) is 0 Å². The Balaban J connectivity index is 1.51. The molecule has 36 heavy (non-hydrogen) atoms. The number of hydrogen-bond acceptors (Lipinski definition) is 6. The Morgan fingerprint density at radius 1 is 1.11 bits per heavy atom. The second-order valence-electron chi connectivity index (χ2n) is 10.7. The van der Waals surface area contributed by atoms with Crippen LogP contribution in [0.25, 0.3) is 10.9 Å². The zero-order valence-corrected chi connectivity index (χ0v) is 20.9. The summed E-state index contributed by atoms with van der Waals surface area (Å²) in [7, 11) is 0. The Morgan fingerprint density at radius 3 is 2.53 bits per heavy atom. The maximum atomic E-state index is 13.4. The minimum absolute atomic E-state index is 0.0664. The van der Waals surface area contributed by atoms with Crippen LogP contribution in [-0.2, 0) is 15.8 Å². The molecule has 2 aromatic rings. The predicted molar refractivity (Wildman–Crippen MR) is 130 cm³/mol. The average Bonchev–Trinajstić information content (AvgIpc) is 3.11. The number of fused-ring (bicyclic) bond motifs is 1. The molecule has 2 amide bonds. The van der Waals surface area contributed by atoms with Gasteiger partial charge in [0.05, 0.1) is 23.2 Å². The van der Waals surface area contributed by atoms with Crippen LogP contribution in [0.3, 0.4) is 0 Å². The number of nitrogens with zero attached hydrogens (tertiary/aromatic N) is 3. The highest BCUT2D eigenvalue weighted by Gasteiger charge is 2.42. The largest absolute Gasteiger partial charge is 0.416 e. The monoisotopic (exact) mass is 506 g/mol. The molecule has 11 heteroatoms. The highest BCUT2D eigenvalue weighted by atomic mass is 19.4. The Bertz CT molecular complexity index is 1130. The molecule has 1 aromatic heterocycles. The summed E-state index contributed by atoms with van der Waals surface area (Å²) in [6.45, 7) is 8.26. The first-order valence-corrected chi connectivity index (χ1v) is 12.3. The first kappa shape index (κ1) is 26.1. The Labute approximate surface area is 208 Å². The Morgan fingerprint density at radius 2 is 1.86 bits per heavy atom. The smallest absolute Gasteiger partial charge is 0.358 e. The number of carbonyl (C=O) groups excluding carboxylic acids is 2. The van der Waals surface area contributed by atoms with Crippen LogP contribution in [0.1, 0.15) is 58.9 Å². The van der Waals surface area contributed by atoms with Gasteiger partial charge in [-0.2, -0.15) is 13.2 Å². The lowest BCUT2D eigenvalue weighted by molar-refractivity contribution is -0.137. The molecule has 1 aliphatic carbocycles. The molecular weight excluding hydrogens is 473 g/mol. The number of amides is 2. The molecule has 1 saturated heterocycles.